The fourth-order valence-corrected chi connectivity index (χ4v) is 2.60. The number of rotatable bonds is 1. The lowest BCUT2D eigenvalue weighted by atomic mass is 9.71. The summed E-state index contributed by atoms with van der Waals surface area (Å²) in [5.74, 6) is -0.416. The molecular weight excluding hydrogens is 202 g/mol. The minimum absolute atomic E-state index is 0.0385. The first kappa shape index (κ1) is 11.1. The molecule has 2 rings (SSSR count). The SMILES string of the molecule is CC1(C)CC(O)Cc2cc(C(N)=O)ccc21. The molecule has 0 heterocycles. The van der Waals surface area contributed by atoms with Crippen molar-refractivity contribution in [2.75, 3.05) is 0 Å². The van der Waals surface area contributed by atoms with E-state index in [9.17, 15) is 9.90 Å². The van der Waals surface area contributed by atoms with Crippen molar-refractivity contribution < 1.29 is 9.90 Å². The Hall–Kier alpha value is -1.35. The number of carbonyl (C=O) groups is 1. The highest BCUT2D eigenvalue weighted by atomic mass is 16.3. The third-order valence-electron chi connectivity index (χ3n) is 3.32. The van der Waals surface area contributed by atoms with Crippen molar-refractivity contribution in [2.45, 2.75) is 38.2 Å². The number of benzene rings is 1. The van der Waals surface area contributed by atoms with Crippen LogP contribution in [0.15, 0.2) is 18.2 Å². The summed E-state index contributed by atoms with van der Waals surface area (Å²) >= 11 is 0. The average Bonchev–Trinajstić information content (AvgIpc) is 2.14. The third kappa shape index (κ3) is 1.83. The first-order chi connectivity index (χ1) is 7.40. The van der Waals surface area contributed by atoms with E-state index in [1.54, 1.807) is 6.07 Å². The molecule has 0 saturated carbocycles. The Morgan fingerprint density at radius 3 is 2.81 bits per heavy atom. The first-order valence-electron chi connectivity index (χ1n) is 5.51. The Morgan fingerprint density at radius 1 is 1.50 bits per heavy atom. The van der Waals surface area contributed by atoms with Crippen molar-refractivity contribution in [3.8, 4) is 0 Å². The largest absolute Gasteiger partial charge is 0.393 e. The molecule has 86 valence electrons. The molecule has 0 aromatic heterocycles. The highest BCUT2D eigenvalue weighted by Gasteiger charge is 2.32. The van der Waals surface area contributed by atoms with Crippen LogP contribution in [0.2, 0.25) is 0 Å². The van der Waals surface area contributed by atoms with Gasteiger partial charge in [0.2, 0.25) is 5.91 Å². The zero-order valence-corrected chi connectivity index (χ0v) is 9.66. The van der Waals surface area contributed by atoms with Crippen LogP contribution in [0.4, 0.5) is 0 Å². The van der Waals surface area contributed by atoms with Gasteiger partial charge in [-0.25, -0.2) is 0 Å². The van der Waals surface area contributed by atoms with E-state index in [1.807, 2.05) is 12.1 Å². The molecule has 1 aliphatic carbocycles. The number of hydrogen-bond acceptors (Lipinski definition) is 2. The maximum atomic E-state index is 11.1. The summed E-state index contributed by atoms with van der Waals surface area (Å²) in [4.78, 5) is 11.1. The molecule has 3 nitrogen and oxygen atoms in total. The second kappa shape index (κ2) is 3.59. The zero-order chi connectivity index (χ0) is 11.9. The van der Waals surface area contributed by atoms with Gasteiger partial charge in [0.05, 0.1) is 6.10 Å². The summed E-state index contributed by atoms with van der Waals surface area (Å²) in [5.41, 5.74) is 7.98. The third-order valence-corrected chi connectivity index (χ3v) is 3.32. The van der Waals surface area contributed by atoms with E-state index in [-0.39, 0.29) is 11.5 Å². The molecule has 0 radical (unpaired) electrons. The Balaban J connectivity index is 2.51. The summed E-state index contributed by atoms with van der Waals surface area (Å²) in [6.07, 6.45) is 1.04. The number of fused-ring (bicyclic) bond motifs is 1. The number of nitrogens with two attached hydrogens (primary N) is 1. The highest BCUT2D eigenvalue weighted by molar-refractivity contribution is 5.93. The van der Waals surface area contributed by atoms with Gasteiger partial charge in [0, 0.05) is 5.56 Å². The number of hydrogen-bond donors (Lipinski definition) is 2. The van der Waals surface area contributed by atoms with Gasteiger partial charge in [-0.15, -0.1) is 0 Å². The molecule has 1 aliphatic rings. The van der Waals surface area contributed by atoms with Crippen LogP contribution in [0.25, 0.3) is 0 Å². The van der Waals surface area contributed by atoms with Gasteiger partial charge in [-0.05, 0) is 41.5 Å². The Bertz CT molecular complexity index is 438. The van der Waals surface area contributed by atoms with Crippen molar-refractivity contribution >= 4 is 5.91 Å². The molecule has 16 heavy (non-hydrogen) atoms. The van der Waals surface area contributed by atoms with E-state index in [4.69, 9.17) is 5.73 Å². The molecule has 0 aliphatic heterocycles. The summed E-state index contributed by atoms with van der Waals surface area (Å²) in [5, 5.41) is 9.80. The molecule has 1 aromatic rings. The van der Waals surface area contributed by atoms with Crippen LogP contribution in [0.5, 0.6) is 0 Å². The average molecular weight is 219 g/mol. The smallest absolute Gasteiger partial charge is 0.248 e. The van der Waals surface area contributed by atoms with Crippen molar-refractivity contribution in [1.29, 1.82) is 0 Å². The number of aliphatic hydroxyl groups is 1. The van der Waals surface area contributed by atoms with Crippen LogP contribution in [0, 0.1) is 0 Å². The highest BCUT2D eigenvalue weighted by Crippen LogP contribution is 2.37. The van der Waals surface area contributed by atoms with Crippen molar-refractivity contribution in [1.82, 2.24) is 0 Å². The van der Waals surface area contributed by atoms with Crippen LogP contribution in [-0.4, -0.2) is 17.1 Å². The topological polar surface area (TPSA) is 63.3 Å². The predicted octanol–water partition coefficient (Wildman–Crippen LogP) is 1.37. The molecule has 1 aromatic carbocycles. The fourth-order valence-electron chi connectivity index (χ4n) is 2.60. The van der Waals surface area contributed by atoms with Gasteiger partial charge in [-0.1, -0.05) is 19.9 Å². The second-order valence-corrected chi connectivity index (χ2v) is 5.18. The summed E-state index contributed by atoms with van der Waals surface area (Å²) in [7, 11) is 0. The van der Waals surface area contributed by atoms with Gasteiger partial charge in [-0.2, -0.15) is 0 Å². The van der Waals surface area contributed by atoms with Crippen LogP contribution in [0.1, 0.15) is 41.8 Å². The molecule has 3 N–H and O–H groups in total. The van der Waals surface area contributed by atoms with Gasteiger partial charge in [-0.3, -0.25) is 4.79 Å². The fraction of sp³-hybridized carbons (Fsp3) is 0.462. The van der Waals surface area contributed by atoms with E-state index >= 15 is 0 Å². The maximum Gasteiger partial charge on any atom is 0.248 e. The monoisotopic (exact) mass is 219 g/mol. The van der Waals surface area contributed by atoms with Crippen LogP contribution in [-0.2, 0) is 11.8 Å². The molecule has 0 fully saturated rings. The lowest BCUT2D eigenvalue weighted by molar-refractivity contribution is 0.0998. The molecule has 0 spiro atoms. The quantitative estimate of drug-likeness (QED) is 0.749. The lowest BCUT2D eigenvalue weighted by Gasteiger charge is -2.35. The normalized spacial score (nSPS) is 22.6. The summed E-state index contributed by atoms with van der Waals surface area (Å²) in [6, 6.07) is 5.53. The standard InChI is InChI=1S/C13H17NO2/c1-13(2)7-10(15)6-9-5-8(12(14)16)3-4-11(9)13/h3-5,10,15H,6-7H2,1-2H3,(H2,14,16). The van der Waals surface area contributed by atoms with E-state index < -0.39 is 5.91 Å². The van der Waals surface area contributed by atoms with Gasteiger partial charge in [0.1, 0.15) is 0 Å². The Morgan fingerprint density at radius 2 is 2.19 bits per heavy atom. The van der Waals surface area contributed by atoms with E-state index in [2.05, 4.69) is 13.8 Å². The van der Waals surface area contributed by atoms with Gasteiger partial charge >= 0.3 is 0 Å². The van der Waals surface area contributed by atoms with Crippen LogP contribution in [0.3, 0.4) is 0 Å². The molecule has 0 bridgehead atoms. The van der Waals surface area contributed by atoms with Crippen LogP contribution < -0.4 is 5.73 Å². The van der Waals surface area contributed by atoms with E-state index in [0.29, 0.717) is 12.0 Å². The van der Waals surface area contributed by atoms with E-state index in [0.717, 1.165) is 12.0 Å². The van der Waals surface area contributed by atoms with Gasteiger partial charge < -0.3 is 10.8 Å². The molecule has 1 unspecified atom stereocenters. The number of amides is 1. The second-order valence-electron chi connectivity index (χ2n) is 5.18. The van der Waals surface area contributed by atoms with Gasteiger partial charge in [0.25, 0.3) is 0 Å². The molecule has 3 heteroatoms. The summed E-state index contributed by atoms with van der Waals surface area (Å²) in [6.45, 7) is 4.22. The van der Waals surface area contributed by atoms with Crippen molar-refractivity contribution in [2.24, 2.45) is 5.73 Å². The Labute approximate surface area is 95.3 Å². The summed E-state index contributed by atoms with van der Waals surface area (Å²) < 4.78 is 0. The zero-order valence-electron chi connectivity index (χ0n) is 9.66. The minimum atomic E-state index is -0.416. The van der Waals surface area contributed by atoms with Gasteiger partial charge in [0.15, 0.2) is 0 Å². The number of carbonyl (C=O) groups excluding carboxylic acids is 1. The Kier molecular flexibility index (Phi) is 2.50. The molecular formula is C13H17NO2. The molecule has 1 amide bonds. The van der Waals surface area contributed by atoms with Crippen molar-refractivity contribution in [3.05, 3.63) is 34.9 Å². The molecule has 1 atom stereocenters. The minimum Gasteiger partial charge on any atom is -0.393 e. The first-order valence-corrected chi connectivity index (χ1v) is 5.51. The predicted molar refractivity (Wildman–Crippen MR) is 62.3 cm³/mol. The lowest BCUT2D eigenvalue weighted by Crippen LogP contribution is -2.33. The number of primary amides is 1. The van der Waals surface area contributed by atoms with Crippen molar-refractivity contribution in [3.63, 3.8) is 0 Å². The molecule has 0 saturated heterocycles. The maximum absolute atomic E-state index is 11.1. The van der Waals surface area contributed by atoms with Crippen LogP contribution >= 0.6 is 0 Å². The number of aliphatic hydroxyl groups excluding tert-OH is 1. The van der Waals surface area contributed by atoms with E-state index in [1.165, 1.54) is 5.56 Å².